The van der Waals surface area contributed by atoms with E-state index in [1.165, 1.54) is 14.2 Å². The van der Waals surface area contributed by atoms with Crippen molar-refractivity contribution in [1.82, 2.24) is 0 Å². The van der Waals surface area contributed by atoms with E-state index in [4.69, 9.17) is 9.47 Å². The van der Waals surface area contributed by atoms with Crippen LogP contribution in [0.3, 0.4) is 0 Å². The Morgan fingerprint density at radius 2 is 1.53 bits per heavy atom. The van der Waals surface area contributed by atoms with Gasteiger partial charge in [0.2, 0.25) is 0 Å². The maximum absolute atomic E-state index is 11.9. The third-order valence-corrected chi connectivity index (χ3v) is 5.08. The summed E-state index contributed by atoms with van der Waals surface area (Å²) >= 11 is 0. The van der Waals surface area contributed by atoms with Crippen molar-refractivity contribution >= 4 is 25.2 Å². The first-order valence-electron chi connectivity index (χ1n) is 6.04. The van der Waals surface area contributed by atoms with E-state index in [1.54, 1.807) is 12.1 Å². The first kappa shape index (κ1) is 15.4. The van der Waals surface area contributed by atoms with Crippen LogP contribution in [0.5, 0.6) is 0 Å². The maximum atomic E-state index is 11.9. The molecule has 0 heterocycles. The Bertz CT molecular complexity index is 515. The number of rotatable bonds is 3. The molecule has 0 aliphatic carbocycles. The maximum Gasteiger partial charge on any atom is 0.337 e. The first-order valence-corrected chi connectivity index (χ1v) is 9.54. The minimum atomic E-state index is -1.72. The van der Waals surface area contributed by atoms with Crippen molar-refractivity contribution in [1.29, 1.82) is 0 Å². The van der Waals surface area contributed by atoms with Gasteiger partial charge in [0.05, 0.1) is 33.4 Å². The van der Waals surface area contributed by atoms with E-state index < -0.39 is 20.0 Å². The summed E-state index contributed by atoms with van der Waals surface area (Å²) in [6.45, 7) is 8.37. The molecule has 0 aromatic heterocycles. The molecule has 0 atom stereocenters. The van der Waals surface area contributed by atoms with Crippen molar-refractivity contribution in [2.45, 2.75) is 26.6 Å². The van der Waals surface area contributed by atoms with Gasteiger partial charge < -0.3 is 9.47 Å². The lowest BCUT2D eigenvalue weighted by Gasteiger charge is -2.23. The summed E-state index contributed by atoms with van der Waals surface area (Å²) in [4.78, 5) is 23.6. The quantitative estimate of drug-likeness (QED) is 0.628. The summed E-state index contributed by atoms with van der Waals surface area (Å²) in [5, 5.41) is 1.02. The lowest BCUT2D eigenvalue weighted by molar-refractivity contribution is 0.0600. The number of hydrogen-bond acceptors (Lipinski definition) is 4. The smallest absolute Gasteiger partial charge is 0.337 e. The molecule has 0 unspecified atom stereocenters. The van der Waals surface area contributed by atoms with Gasteiger partial charge >= 0.3 is 11.9 Å². The molecule has 104 valence electrons. The molecule has 0 fully saturated rings. The van der Waals surface area contributed by atoms with Crippen molar-refractivity contribution in [3.05, 3.63) is 28.8 Å². The van der Waals surface area contributed by atoms with Gasteiger partial charge in [-0.15, -0.1) is 0 Å². The van der Waals surface area contributed by atoms with Crippen LogP contribution >= 0.6 is 0 Å². The largest absolute Gasteiger partial charge is 0.465 e. The molecular formula is C14H20O4Si. The number of aryl methyl sites for hydroxylation is 1. The first-order chi connectivity index (χ1) is 8.72. The predicted molar refractivity (Wildman–Crippen MR) is 76.8 cm³/mol. The van der Waals surface area contributed by atoms with E-state index in [0.717, 1.165) is 10.8 Å². The molecule has 5 heteroatoms. The van der Waals surface area contributed by atoms with Gasteiger partial charge in [0.15, 0.2) is 0 Å². The minimum absolute atomic E-state index is 0.377. The molecule has 1 rings (SSSR count). The SMILES string of the molecule is COC(=O)c1cc(C)c([Si](C)(C)C)c(C(=O)OC)c1. The van der Waals surface area contributed by atoms with Crippen LogP contribution in [0.2, 0.25) is 19.6 Å². The fraction of sp³-hybridized carbons (Fsp3) is 0.429. The van der Waals surface area contributed by atoms with Crippen molar-refractivity contribution in [2.75, 3.05) is 14.2 Å². The van der Waals surface area contributed by atoms with Gasteiger partial charge in [0.1, 0.15) is 0 Å². The Hall–Kier alpha value is -1.62. The van der Waals surface area contributed by atoms with Crippen molar-refractivity contribution < 1.29 is 19.1 Å². The van der Waals surface area contributed by atoms with E-state index in [9.17, 15) is 9.59 Å². The van der Waals surface area contributed by atoms with Crippen LogP contribution in [-0.4, -0.2) is 34.2 Å². The van der Waals surface area contributed by atoms with E-state index in [2.05, 4.69) is 19.6 Å². The summed E-state index contributed by atoms with van der Waals surface area (Å²) in [6, 6.07) is 3.34. The minimum Gasteiger partial charge on any atom is -0.465 e. The van der Waals surface area contributed by atoms with Gasteiger partial charge in [-0.3, -0.25) is 0 Å². The molecule has 0 aliphatic rings. The number of carbonyl (C=O) groups excluding carboxylic acids is 2. The van der Waals surface area contributed by atoms with Crippen molar-refractivity contribution in [3.8, 4) is 0 Å². The third kappa shape index (κ3) is 3.23. The van der Waals surface area contributed by atoms with Gasteiger partial charge in [-0.25, -0.2) is 9.59 Å². The van der Waals surface area contributed by atoms with Crippen LogP contribution in [0.25, 0.3) is 0 Å². The fourth-order valence-electron chi connectivity index (χ4n) is 2.29. The number of methoxy groups -OCH3 is 2. The van der Waals surface area contributed by atoms with E-state index in [1.807, 2.05) is 6.92 Å². The fourth-order valence-corrected chi connectivity index (χ4v) is 4.53. The Morgan fingerprint density at radius 1 is 1.00 bits per heavy atom. The molecular weight excluding hydrogens is 260 g/mol. The molecule has 1 aromatic carbocycles. The van der Waals surface area contributed by atoms with Gasteiger partial charge in [-0.05, 0) is 24.2 Å². The number of ether oxygens (including phenoxy) is 2. The molecule has 4 nitrogen and oxygen atoms in total. The highest BCUT2D eigenvalue weighted by Crippen LogP contribution is 2.16. The summed E-state index contributed by atoms with van der Waals surface area (Å²) in [5.41, 5.74) is 1.78. The summed E-state index contributed by atoms with van der Waals surface area (Å²) in [6.07, 6.45) is 0. The van der Waals surface area contributed by atoms with Crippen LogP contribution in [0.15, 0.2) is 12.1 Å². The predicted octanol–water partition coefficient (Wildman–Crippen LogP) is 2.11. The molecule has 0 radical (unpaired) electrons. The molecule has 0 amide bonds. The van der Waals surface area contributed by atoms with Gasteiger partial charge in [0.25, 0.3) is 0 Å². The molecule has 0 saturated carbocycles. The monoisotopic (exact) mass is 280 g/mol. The Kier molecular flexibility index (Phi) is 4.52. The Labute approximate surface area is 114 Å². The van der Waals surface area contributed by atoms with Crippen LogP contribution < -0.4 is 5.19 Å². The highest BCUT2D eigenvalue weighted by atomic mass is 28.3. The lowest BCUT2D eigenvalue weighted by atomic mass is 10.1. The van der Waals surface area contributed by atoms with Crippen molar-refractivity contribution in [3.63, 3.8) is 0 Å². The zero-order valence-electron chi connectivity index (χ0n) is 12.3. The average Bonchev–Trinajstić information content (AvgIpc) is 2.34. The van der Waals surface area contributed by atoms with Crippen molar-refractivity contribution in [2.24, 2.45) is 0 Å². The van der Waals surface area contributed by atoms with E-state index in [0.29, 0.717) is 11.1 Å². The number of esters is 2. The second kappa shape index (κ2) is 5.57. The molecule has 0 bridgehead atoms. The topological polar surface area (TPSA) is 52.6 Å². The van der Waals surface area contributed by atoms with Gasteiger partial charge in [0, 0.05) is 0 Å². The lowest BCUT2D eigenvalue weighted by Crippen LogP contribution is -2.43. The second-order valence-corrected chi connectivity index (χ2v) is 10.4. The molecule has 0 aliphatic heterocycles. The van der Waals surface area contributed by atoms with E-state index >= 15 is 0 Å². The third-order valence-electron chi connectivity index (χ3n) is 2.91. The highest BCUT2D eigenvalue weighted by Gasteiger charge is 2.27. The average molecular weight is 280 g/mol. The number of hydrogen-bond donors (Lipinski definition) is 0. The molecule has 19 heavy (non-hydrogen) atoms. The van der Waals surface area contributed by atoms with Crippen LogP contribution in [0.4, 0.5) is 0 Å². The standard InChI is InChI=1S/C14H20O4Si/c1-9-7-10(13(15)17-2)8-11(14(16)18-3)12(9)19(4,5)6/h7-8H,1-6H3. The molecule has 0 saturated heterocycles. The van der Waals surface area contributed by atoms with Gasteiger partial charge in [-0.2, -0.15) is 0 Å². The Balaban J connectivity index is 3.57. The zero-order valence-corrected chi connectivity index (χ0v) is 13.3. The second-order valence-electron chi connectivity index (χ2n) is 5.45. The van der Waals surface area contributed by atoms with Gasteiger partial charge in [-0.1, -0.05) is 25.2 Å². The molecule has 0 N–H and O–H groups in total. The molecule has 1 aromatic rings. The van der Waals surface area contributed by atoms with E-state index in [-0.39, 0.29) is 0 Å². The number of benzene rings is 1. The van der Waals surface area contributed by atoms with Crippen LogP contribution in [0.1, 0.15) is 26.3 Å². The Morgan fingerprint density at radius 3 is 1.95 bits per heavy atom. The zero-order chi connectivity index (χ0) is 14.8. The number of carbonyl (C=O) groups is 2. The normalized spacial score (nSPS) is 11.1. The summed E-state index contributed by atoms with van der Waals surface area (Å²) in [7, 11) is 0.943. The van der Waals surface area contributed by atoms with Crippen LogP contribution in [-0.2, 0) is 9.47 Å². The summed E-state index contributed by atoms with van der Waals surface area (Å²) in [5.74, 6) is -0.860. The summed E-state index contributed by atoms with van der Waals surface area (Å²) < 4.78 is 9.53. The molecule has 0 spiro atoms. The highest BCUT2D eigenvalue weighted by molar-refractivity contribution is 6.89. The van der Waals surface area contributed by atoms with Crippen LogP contribution in [0, 0.1) is 6.92 Å².